The summed E-state index contributed by atoms with van der Waals surface area (Å²) in [4.78, 5) is 25.3. The summed E-state index contributed by atoms with van der Waals surface area (Å²) in [6.45, 7) is 2.40. The number of amides is 1. The van der Waals surface area contributed by atoms with Crippen molar-refractivity contribution < 1.29 is 4.79 Å². The number of rotatable bonds is 4. The highest BCUT2D eigenvalue weighted by molar-refractivity contribution is 5.93. The number of hydrogen-bond acceptors (Lipinski definition) is 3. The zero-order valence-electron chi connectivity index (χ0n) is 15.0. The van der Waals surface area contributed by atoms with Gasteiger partial charge >= 0.3 is 0 Å². The maximum absolute atomic E-state index is 12.7. The molecular formula is C20H26ClN3O2. The topological polar surface area (TPSA) is 77.1 Å². The van der Waals surface area contributed by atoms with Crippen LogP contribution in [0.5, 0.6) is 0 Å². The van der Waals surface area contributed by atoms with E-state index in [1.807, 2.05) is 37.3 Å². The van der Waals surface area contributed by atoms with Crippen LogP contribution in [-0.4, -0.2) is 16.0 Å². The van der Waals surface area contributed by atoms with Crippen LogP contribution in [-0.2, 0) is 11.3 Å². The number of carbonyl (C=O) groups excluding carboxylic acids is 1. The highest BCUT2D eigenvalue weighted by atomic mass is 35.5. The third-order valence-electron chi connectivity index (χ3n) is 5.04. The smallest absolute Gasteiger partial charge is 0.274 e. The SMILES string of the molecule is CC1(N)CCCCC1C(=O)Nc1cccn(Cc2ccccc2)c1=O.Cl. The van der Waals surface area contributed by atoms with Gasteiger partial charge in [0.1, 0.15) is 5.69 Å². The third-order valence-corrected chi connectivity index (χ3v) is 5.04. The molecule has 2 atom stereocenters. The molecule has 1 fully saturated rings. The van der Waals surface area contributed by atoms with Crippen molar-refractivity contribution in [1.82, 2.24) is 4.57 Å². The number of nitrogens with one attached hydrogen (secondary N) is 1. The van der Waals surface area contributed by atoms with Crippen molar-refractivity contribution in [2.24, 2.45) is 11.7 Å². The van der Waals surface area contributed by atoms with Gasteiger partial charge in [-0.05, 0) is 37.5 Å². The molecule has 5 nitrogen and oxygen atoms in total. The van der Waals surface area contributed by atoms with Crippen LogP contribution in [0.15, 0.2) is 53.5 Å². The third kappa shape index (κ3) is 4.54. The van der Waals surface area contributed by atoms with Gasteiger partial charge in [0.15, 0.2) is 0 Å². The Kier molecular flexibility index (Phi) is 6.62. The Bertz CT molecular complexity index is 802. The molecule has 1 aliphatic carbocycles. The molecule has 26 heavy (non-hydrogen) atoms. The van der Waals surface area contributed by atoms with Crippen molar-refractivity contribution >= 4 is 24.0 Å². The van der Waals surface area contributed by atoms with Crippen molar-refractivity contribution in [3.8, 4) is 0 Å². The maximum atomic E-state index is 12.7. The second kappa shape index (κ2) is 8.52. The van der Waals surface area contributed by atoms with Gasteiger partial charge in [0.2, 0.25) is 5.91 Å². The first-order valence-corrected chi connectivity index (χ1v) is 8.80. The Balaban J connectivity index is 0.00000243. The fourth-order valence-electron chi connectivity index (χ4n) is 3.55. The second-order valence-electron chi connectivity index (χ2n) is 7.13. The molecule has 1 aromatic heterocycles. The first kappa shape index (κ1) is 20.2. The zero-order valence-corrected chi connectivity index (χ0v) is 15.8. The first-order chi connectivity index (χ1) is 12.0. The fraction of sp³-hybridized carbons (Fsp3) is 0.400. The van der Waals surface area contributed by atoms with Crippen molar-refractivity contribution in [3.05, 3.63) is 64.6 Å². The number of nitrogens with zero attached hydrogens (tertiary/aromatic N) is 1. The van der Waals surface area contributed by atoms with Gasteiger partial charge in [-0.25, -0.2) is 0 Å². The van der Waals surface area contributed by atoms with E-state index in [2.05, 4.69) is 5.32 Å². The minimum absolute atomic E-state index is 0. The lowest BCUT2D eigenvalue weighted by Crippen LogP contribution is -2.51. The lowest BCUT2D eigenvalue weighted by atomic mass is 9.74. The summed E-state index contributed by atoms with van der Waals surface area (Å²) in [6.07, 6.45) is 5.38. The summed E-state index contributed by atoms with van der Waals surface area (Å²) in [5.74, 6) is -0.414. The minimum atomic E-state index is -0.514. The second-order valence-corrected chi connectivity index (χ2v) is 7.13. The van der Waals surface area contributed by atoms with E-state index in [9.17, 15) is 9.59 Å². The number of nitrogens with two attached hydrogens (primary N) is 1. The average Bonchev–Trinajstić information content (AvgIpc) is 2.59. The quantitative estimate of drug-likeness (QED) is 0.861. The largest absolute Gasteiger partial charge is 0.325 e. The number of benzene rings is 1. The molecule has 0 aliphatic heterocycles. The van der Waals surface area contributed by atoms with E-state index in [1.165, 1.54) is 0 Å². The van der Waals surface area contributed by atoms with E-state index in [-0.39, 0.29) is 29.8 Å². The Morgan fingerprint density at radius 1 is 1.23 bits per heavy atom. The Morgan fingerprint density at radius 3 is 2.65 bits per heavy atom. The average molecular weight is 376 g/mol. The molecule has 0 saturated heterocycles. The molecule has 2 unspecified atom stereocenters. The number of halogens is 1. The molecule has 1 saturated carbocycles. The van der Waals surface area contributed by atoms with Gasteiger partial charge in [-0.3, -0.25) is 9.59 Å². The summed E-state index contributed by atoms with van der Waals surface area (Å²) in [7, 11) is 0. The maximum Gasteiger partial charge on any atom is 0.274 e. The van der Waals surface area contributed by atoms with Gasteiger partial charge in [-0.15, -0.1) is 12.4 Å². The van der Waals surface area contributed by atoms with E-state index in [0.717, 1.165) is 31.2 Å². The summed E-state index contributed by atoms with van der Waals surface area (Å²) in [5.41, 5.74) is 6.94. The van der Waals surface area contributed by atoms with Crippen LogP contribution in [0.25, 0.3) is 0 Å². The van der Waals surface area contributed by atoms with Crippen LogP contribution in [0.4, 0.5) is 5.69 Å². The van der Waals surface area contributed by atoms with E-state index in [0.29, 0.717) is 12.2 Å². The highest BCUT2D eigenvalue weighted by Crippen LogP contribution is 2.32. The van der Waals surface area contributed by atoms with Gasteiger partial charge < -0.3 is 15.6 Å². The number of hydrogen-bond donors (Lipinski definition) is 2. The van der Waals surface area contributed by atoms with Gasteiger partial charge in [0, 0.05) is 11.7 Å². The Labute approximate surface area is 160 Å². The van der Waals surface area contributed by atoms with Gasteiger partial charge in [0.25, 0.3) is 5.56 Å². The molecule has 3 rings (SSSR count). The lowest BCUT2D eigenvalue weighted by molar-refractivity contribution is -0.122. The van der Waals surface area contributed by atoms with E-state index in [4.69, 9.17) is 5.73 Å². The number of aromatic nitrogens is 1. The molecule has 1 heterocycles. The number of carbonyl (C=O) groups is 1. The fourth-order valence-corrected chi connectivity index (χ4v) is 3.55. The van der Waals surface area contributed by atoms with Crippen LogP contribution >= 0.6 is 12.4 Å². The summed E-state index contributed by atoms with van der Waals surface area (Å²) in [6, 6.07) is 13.2. The number of anilines is 1. The summed E-state index contributed by atoms with van der Waals surface area (Å²) in [5, 5.41) is 2.81. The molecule has 140 valence electrons. The molecule has 1 aliphatic rings. The summed E-state index contributed by atoms with van der Waals surface area (Å²) < 4.78 is 1.60. The predicted molar refractivity (Wildman–Crippen MR) is 107 cm³/mol. The van der Waals surface area contributed by atoms with E-state index >= 15 is 0 Å². The van der Waals surface area contributed by atoms with Gasteiger partial charge in [-0.1, -0.05) is 43.2 Å². The molecule has 1 amide bonds. The molecule has 2 aromatic rings. The van der Waals surface area contributed by atoms with Crippen LogP contribution in [0, 0.1) is 5.92 Å². The highest BCUT2D eigenvalue weighted by Gasteiger charge is 2.37. The molecule has 1 aromatic carbocycles. The summed E-state index contributed by atoms with van der Waals surface area (Å²) >= 11 is 0. The lowest BCUT2D eigenvalue weighted by Gasteiger charge is -2.37. The molecule has 0 spiro atoms. The first-order valence-electron chi connectivity index (χ1n) is 8.80. The van der Waals surface area contributed by atoms with Crippen LogP contribution in [0.1, 0.15) is 38.2 Å². The van der Waals surface area contributed by atoms with E-state index < -0.39 is 5.54 Å². The number of pyridine rings is 1. The van der Waals surface area contributed by atoms with Crippen molar-refractivity contribution in [2.45, 2.75) is 44.7 Å². The van der Waals surface area contributed by atoms with Gasteiger partial charge in [-0.2, -0.15) is 0 Å². The Hall–Kier alpha value is -2.11. The van der Waals surface area contributed by atoms with Crippen molar-refractivity contribution in [2.75, 3.05) is 5.32 Å². The molecule has 0 radical (unpaired) electrons. The molecule has 0 bridgehead atoms. The van der Waals surface area contributed by atoms with Crippen LogP contribution in [0.3, 0.4) is 0 Å². The van der Waals surface area contributed by atoms with Crippen molar-refractivity contribution in [1.29, 1.82) is 0 Å². The van der Waals surface area contributed by atoms with Crippen LogP contribution < -0.4 is 16.6 Å². The van der Waals surface area contributed by atoms with Gasteiger partial charge in [0.05, 0.1) is 12.5 Å². The van der Waals surface area contributed by atoms with Crippen LogP contribution in [0.2, 0.25) is 0 Å². The zero-order chi connectivity index (χ0) is 17.9. The Morgan fingerprint density at radius 2 is 1.96 bits per heavy atom. The van der Waals surface area contributed by atoms with Crippen molar-refractivity contribution in [3.63, 3.8) is 0 Å². The monoisotopic (exact) mass is 375 g/mol. The standard InChI is InChI=1S/C20H25N3O2.ClH/c1-20(21)12-6-5-10-16(20)18(24)22-17-11-7-13-23(19(17)25)14-15-8-3-2-4-9-15;/h2-4,7-9,11,13,16H,5-6,10,12,14,21H2,1H3,(H,22,24);1H. The normalized spacial score (nSPS) is 22.3. The minimum Gasteiger partial charge on any atom is -0.325 e. The molecular weight excluding hydrogens is 350 g/mol. The van der Waals surface area contributed by atoms with E-state index in [1.54, 1.807) is 22.9 Å². The predicted octanol–water partition coefficient (Wildman–Crippen LogP) is 3.16. The molecule has 6 heteroatoms. The molecule has 3 N–H and O–H groups in total.